The minimum Gasteiger partial charge on any atom is -0.508 e. The molecule has 0 atom stereocenters. The largest absolute Gasteiger partial charge is 0.508 e. The van der Waals surface area contributed by atoms with E-state index in [0.29, 0.717) is 5.56 Å². The Morgan fingerprint density at radius 1 is 0.952 bits per heavy atom. The second kappa shape index (κ2) is 5.54. The summed E-state index contributed by atoms with van der Waals surface area (Å²) in [5.74, 6) is -2.05. The summed E-state index contributed by atoms with van der Waals surface area (Å²) < 4.78 is 0. The number of hydrogen-bond acceptors (Lipinski definition) is 4. The Labute approximate surface area is 120 Å². The number of carbonyl (C=O) groups is 2. The number of hydrogen-bond donors (Lipinski definition) is 4. The molecule has 0 aliphatic carbocycles. The summed E-state index contributed by atoms with van der Waals surface area (Å²) in [5.41, 5.74) is 0.864. The summed E-state index contributed by atoms with van der Waals surface area (Å²) >= 11 is 0. The van der Waals surface area contributed by atoms with Crippen LogP contribution >= 0.6 is 0 Å². The van der Waals surface area contributed by atoms with Gasteiger partial charge < -0.3 is 20.6 Å². The van der Waals surface area contributed by atoms with Crippen LogP contribution in [0.5, 0.6) is 11.5 Å². The lowest BCUT2D eigenvalue weighted by Crippen LogP contribution is -2.12. The van der Waals surface area contributed by atoms with Crippen molar-refractivity contribution in [3.8, 4) is 11.5 Å². The zero-order valence-corrected chi connectivity index (χ0v) is 11.1. The van der Waals surface area contributed by atoms with Gasteiger partial charge in [-0.05, 0) is 42.8 Å². The van der Waals surface area contributed by atoms with Gasteiger partial charge in [0.05, 0.1) is 11.3 Å². The number of rotatable bonds is 3. The van der Waals surface area contributed by atoms with Crippen LogP contribution in [-0.2, 0) is 0 Å². The van der Waals surface area contributed by atoms with E-state index in [1.54, 1.807) is 13.0 Å². The minimum atomic E-state index is -1.17. The quantitative estimate of drug-likeness (QED) is 0.648. The van der Waals surface area contributed by atoms with Gasteiger partial charge in [-0.15, -0.1) is 0 Å². The maximum Gasteiger partial charge on any atom is 0.335 e. The number of benzene rings is 2. The van der Waals surface area contributed by atoms with Crippen LogP contribution < -0.4 is 5.32 Å². The molecule has 2 aromatic rings. The fourth-order valence-electron chi connectivity index (χ4n) is 1.72. The smallest absolute Gasteiger partial charge is 0.335 e. The average molecular weight is 287 g/mol. The lowest BCUT2D eigenvalue weighted by atomic mass is 10.1. The monoisotopic (exact) mass is 287 g/mol. The van der Waals surface area contributed by atoms with Gasteiger partial charge in [-0.25, -0.2) is 4.79 Å². The minimum absolute atomic E-state index is 0.00639. The van der Waals surface area contributed by atoms with E-state index in [0.717, 1.165) is 6.07 Å². The molecule has 0 fully saturated rings. The maximum atomic E-state index is 12.0. The summed E-state index contributed by atoms with van der Waals surface area (Å²) in [4.78, 5) is 22.8. The summed E-state index contributed by atoms with van der Waals surface area (Å²) in [6, 6.07) is 8.05. The molecule has 0 saturated carbocycles. The Balaban J connectivity index is 2.23. The van der Waals surface area contributed by atoms with Crippen LogP contribution in [0, 0.1) is 6.92 Å². The van der Waals surface area contributed by atoms with Gasteiger partial charge in [-0.3, -0.25) is 4.79 Å². The van der Waals surface area contributed by atoms with E-state index in [9.17, 15) is 19.8 Å². The van der Waals surface area contributed by atoms with E-state index in [1.165, 1.54) is 24.3 Å². The molecule has 0 aliphatic heterocycles. The number of phenolic OH excluding ortho intramolecular Hbond substituents is 2. The molecule has 0 aliphatic rings. The van der Waals surface area contributed by atoms with Gasteiger partial charge in [0.1, 0.15) is 11.5 Å². The Kier molecular flexibility index (Phi) is 3.80. The highest BCUT2D eigenvalue weighted by Gasteiger charge is 2.12. The molecule has 0 aromatic heterocycles. The zero-order valence-electron chi connectivity index (χ0n) is 11.1. The third-order valence-corrected chi connectivity index (χ3v) is 2.96. The van der Waals surface area contributed by atoms with E-state index < -0.39 is 11.9 Å². The van der Waals surface area contributed by atoms with E-state index in [1.807, 2.05) is 0 Å². The summed E-state index contributed by atoms with van der Waals surface area (Å²) in [7, 11) is 0. The summed E-state index contributed by atoms with van der Waals surface area (Å²) in [6.45, 7) is 1.70. The van der Waals surface area contributed by atoms with Crippen molar-refractivity contribution in [1.82, 2.24) is 0 Å². The first-order valence-electron chi connectivity index (χ1n) is 6.06. The van der Waals surface area contributed by atoms with Crippen LogP contribution in [0.15, 0.2) is 36.4 Å². The van der Waals surface area contributed by atoms with Gasteiger partial charge in [0.2, 0.25) is 0 Å². The third kappa shape index (κ3) is 3.11. The molecule has 21 heavy (non-hydrogen) atoms. The molecular weight excluding hydrogens is 274 g/mol. The number of carbonyl (C=O) groups excluding carboxylic acids is 1. The van der Waals surface area contributed by atoms with Crippen molar-refractivity contribution in [2.45, 2.75) is 6.92 Å². The molecule has 0 saturated heterocycles. The summed E-state index contributed by atoms with van der Waals surface area (Å²) in [6.07, 6.45) is 0. The lowest BCUT2D eigenvalue weighted by molar-refractivity contribution is 0.0696. The van der Waals surface area contributed by atoms with Gasteiger partial charge in [0.25, 0.3) is 5.91 Å². The highest BCUT2D eigenvalue weighted by molar-refractivity contribution is 6.05. The number of aryl methyl sites for hydroxylation is 1. The van der Waals surface area contributed by atoms with Crippen LogP contribution in [0.1, 0.15) is 26.3 Å². The number of amides is 1. The zero-order chi connectivity index (χ0) is 15.6. The highest BCUT2D eigenvalue weighted by atomic mass is 16.4. The predicted molar refractivity (Wildman–Crippen MR) is 75.9 cm³/mol. The fourth-order valence-corrected chi connectivity index (χ4v) is 1.72. The Hall–Kier alpha value is -3.02. The van der Waals surface area contributed by atoms with Crippen LogP contribution in [0.3, 0.4) is 0 Å². The molecule has 0 spiro atoms. The molecule has 6 heteroatoms. The molecule has 0 heterocycles. The molecule has 2 rings (SSSR count). The molecule has 108 valence electrons. The molecule has 0 bridgehead atoms. The molecule has 1 amide bonds. The van der Waals surface area contributed by atoms with E-state index in [4.69, 9.17) is 5.11 Å². The van der Waals surface area contributed by atoms with Gasteiger partial charge >= 0.3 is 5.97 Å². The molecule has 4 N–H and O–H groups in total. The topological polar surface area (TPSA) is 107 Å². The maximum absolute atomic E-state index is 12.0. The molecular formula is C15H13NO5. The number of aromatic carboxylic acids is 1. The molecule has 2 aromatic carbocycles. The van der Waals surface area contributed by atoms with E-state index >= 15 is 0 Å². The van der Waals surface area contributed by atoms with Crippen LogP contribution in [0.2, 0.25) is 0 Å². The van der Waals surface area contributed by atoms with Crippen molar-refractivity contribution >= 4 is 17.6 Å². The van der Waals surface area contributed by atoms with Gasteiger partial charge in [-0.2, -0.15) is 0 Å². The fraction of sp³-hybridized carbons (Fsp3) is 0.0667. The van der Waals surface area contributed by atoms with Gasteiger partial charge in [-0.1, -0.05) is 6.07 Å². The van der Waals surface area contributed by atoms with Crippen molar-refractivity contribution in [2.24, 2.45) is 0 Å². The van der Waals surface area contributed by atoms with Crippen molar-refractivity contribution in [2.75, 3.05) is 5.32 Å². The Morgan fingerprint density at radius 3 is 2.14 bits per heavy atom. The number of phenols is 2. The van der Waals surface area contributed by atoms with Crippen molar-refractivity contribution < 1.29 is 24.9 Å². The highest BCUT2D eigenvalue weighted by Crippen LogP contribution is 2.25. The molecule has 0 radical (unpaired) electrons. The lowest BCUT2D eigenvalue weighted by Gasteiger charge is -2.09. The first-order valence-corrected chi connectivity index (χ1v) is 6.06. The number of carboxylic acids is 1. The van der Waals surface area contributed by atoms with E-state index in [-0.39, 0.29) is 28.3 Å². The van der Waals surface area contributed by atoms with Crippen LogP contribution in [-0.4, -0.2) is 27.2 Å². The normalized spacial score (nSPS) is 10.1. The van der Waals surface area contributed by atoms with Crippen LogP contribution in [0.25, 0.3) is 0 Å². The standard InChI is InChI=1S/C15H13NO5/c1-8-2-3-9(6-12(8)17)14(19)16-11-5-4-10(15(20)21)7-13(11)18/h2-7,17-18H,1H3,(H,16,19)(H,20,21). The number of aromatic hydroxyl groups is 2. The SMILES string of the molecule is Cc1ccc(C(=O)Nc2ccc(C(=O)O)cc2O)cc1O. The second-order valence-electron chi connectivity index (χ2n) is 4.49. The second-order valence-corrected chi connectivity index (χ2v) is 4.49. The van der Waals surface area contributed by atoms with Crippen LogP contribution in [0.4, 0.5) is 5.69 Å². The van der Waals surface area contributed by atoms with Crippen molar-refractivity contribution in [3.05, 3.63) is 53.1 Å². The first kappa shape index (κ1) is 14.4. The molecule has 6 nitrogen and oxygen atoms in total. The predicted octanol–water partition coefficient (Wildman–Crippen LogP) is 2.36. The van der Waals surface area contributed by atoms with Crippen molar-refractivity contribution in [3.63, 3.8) is 0 Å². The Morgan fingerprint density at radius 2 is 1.57 bits per heavy atom. The summed E-state index contributed by atoms with van der Waals surface area (Å²) in [5, 5.41) is 30.5. The Bertz CT molecular complexity index is 724. The number of carboxylic acid groups (broad SMARTS) is 1. The molecule has 0 unspecified atom stereocenters. The number of nitrogens with one attached hydrogen (secondary N) is 1. The number of anilines is 1. The average Bonchev–Trinajstić information content (AvgIpc) is 2.43. The van der Waals surface area contributed by atoms with Crippen molar-refractivity contribution in [1.29, 1.82) is 0 Å². The first-order chi connectivity index (χ1) is 9.88. The van der Waals surface area contributed by atoms with Gasteiger partial charge in [0.15, 0.2) is 0 Å². The van der Waals surface area contributed by atoms with E-state index in [2.05, 4.69) is 5.32 Å². The van der Waals surface area contributed by atoms with Gasteiger partial charge in [0, 0.05) is 5.56 Å². The third-order valence-electron chi connectivity index (χ3n) is 2.96.